The highest BCUT2D eigenvalue weighted by Crippen LogP contribution is 2.31. The van der Waals surface area contributed by atoms with Gasteiger partial charge in [-0.2, -0.15) is 18.2 Å². The normalized spacial score (nSPS) is 16.3. The van der Waals surface area contributed by atoms with E-state index in [1.807, 2.05) is 11.8 Å². The fourth-order valence-electron chi connectivity index (χ4n) is 2.72. The van der Waals surface area contributed by atoms with E-state index in [1.165, 1.54) is 4.90 Å². The number of anilines is 2. The molecule has 1 saturated heterocycles. The van der Waals surface area contributed by atoms with Crippen molar-refractivity contribution in [2.75, 3.05) is 63.2 Å². The van der Waals surface area contributed by atoms with Crippen molar-refractivity contribution >= 4 is 17.7 Å². The summed E-state index contributed by atoms with van der Waals surface area (Å²) in [6, 6.07) is 0.947. The average molecular weight is 374 g/mol. The molecule has 1 aliphatic heterocycles. The molecule has 0 aromatic carbocycles. The Morgan fingerprint density at radius 2 is 1.96 bits per heavy atom. The molecule has 1 aliphatic rings. The van der Waals surface area contributed by atoms with Gasteiger partial charge in [-0.1, -0.05) is 0 Å². The Labute approximate surface area is 151 Å². The zero-order valence-electron chi connectivity index (χ0n) is 15.3. The number of carbonyl (C=O) groups is 1. The summed E-state index contributed by atoms with van der Waals surface area (Å²) in [6.45, 7) is 4.99. The molecule has 10 heteroatoms. The molecular formula is C16H25F3N6O. The third-order valence-electron chi connectivity index (χ3n) is 4.06. The summed E-state index contributed by atoms with van der Waals surface area (Å²) in [5, 5.41) is 2.75. The molecule has 7 nitrogen and oxygen atoms in total. The van der Waals surface area contributed by atoms with Crippen LogP contribution in [-0.4, -0.2) is 74.1 Å². The van der Waals surface area contributed by atoms with E-state index in [2.05, 4.69) is 15.3 Å². The van der Waals surface area contributed by atoms with Crippen LogP contribution in [0.25, 0.3) is 0 Å². The van der Waals surface area contributed by atoms with Gasteiger partial charge in [-0.05, 0) is 13.3 Å². The van der Waals surface area contributed by atoms with E-state index in [0.717, 1.165) is 12.5 Å². The van der Waals surface area contributed by atoms with Crippen LogP contribution in [0.15, 0.2) is 6.07 Å². The number of rotatable bonds is 5. The van der Waals surface area contributed by atoms with Crippen molar-refractivity contribution in [3.8, 4) is 0 Å². The van der Waals surface area contributed by atoms with Crippen molar-refractivity contribution in [3.05, 3.63) is 11.8 Å². The molecule has 0 aliphatic carbocycles. The molecule has 0 radical (unpaired) electrons. The second-order valence-electron chi connectivity index (χ2n) is 6.37. The topological polar surface area (TPSA) is 64.6 Å². The van der Waals surface area contributed by atoms with Crippen molar-refractivity contribution in [2.24, 2.45) is 0 Å². The van der Waals surface area contributed by atoms with Gasteiger partial charge >= 0.3 is 6.18 Å². The van der Waals surface area contributed by atoms with E-state index in [1.54, 1.807) is 19.0 Å². The first kappa shape index (κ1) is 20.2. The first-order valence-electron chi connectivity index (χ1n) is 8.58. The molecule has 2 rings (SSSR count). The predicted octanol–water partition coefficient (Wildman–Crippen LogP) is 1.21. The molecule has 146 valence electrons. The van der Waals surface area contributed by atoms with Crippen LogP contribution in [-0.2, 0) is 11.0 Å². The summed E-state index contributed by atoms with van der Waals surface area (Å²) < 4.78 is 39.5. The second-order valence-corrected chi connectivity index (χ2v) is 6.37. The summed E-state index contributed by atoms with van der Waals surface area (Å²) in [6.07, 6.45) is -3.81. The molecule has 0 saturated carbocycles. The van der Waals surface area contributed by atoms with Crippen LogP contribution in [0.3, 0.4) is 0 Å². The lowest BCUT2D eigenvalue weighted by Crippen LogP contribution is -2.39. The Kier molecular flexibility index (Phi) is 6.63. The van der Waals surface area contributed by atoms with Crippen LogP contribution in [0.2, 0.25) is 0 Å². The van der Waals surface area contributed by atoms with Crippen molar-refractivity contribution in [1.29, 1.82) is 0 Å². The Balaban J connectivity index is 2.15. The number of halogens is 3. The molecule has 0 unspecified atom stereocenters. The number of amides is 1. The Morgan fingerprint density at radius 3 is 2.58 bits per heavy atom. The van der Waals surface area contributed by atoms with Gasteiger partial charge in [0.05, 0.1) is 6.54 Å². The SMILES string of the molecule is CCNC(=O)CN1CCCN(c2nc(N(C)C)cc(C(F)(F)F)n2)CC1. The monoisotopic (exact) mass is 374 g/mol. The van der Waals surface area contributed by atoms with Crippen LogP contribution in [0.1, 0.15) is 19.0 Å². The standard InChI is InChI=1S/C16H25F3N6O/c1-4-20-14(26)11-24-6-5-7-25(9-8-24)15-21-12(16(17,18)19)10-13(22-15)23(2)3/h10H,4-9,11H2,1-3H3,(H,20,26). The van der Waals surface area contributed by atoms with E-state index in [4.69, 9.17) is 0 Å². The highest BCUT2D eigenvalue weighted by molar-refractivity contribution is 5.77. The Morgan fingerprint density at radius 1 is 1.23 bits per heavy atom. The minimum atomic E-state index is -4.53. The summed E-state index contributed by atoms with van der Waals surface area (Å²) in [5.41, 5.74) is -0.949. The smallest absolute Gasteiger partial charge is 0.363 e. The zero-order chi connectivity index (χ0) is 19.3. The van der Waals surface area contributed by atoms with Gasteiger partial charge in [0.2, 0.25) is 11.9 Å². The van der Waals surface area contributed by atoms with Crippen LogP contribution in [0, 0.1) is 0 Å². The summed E-state index contributed by atoms with van der Waals surface area (Å²) in [4.78, 5) is 25.0. The summed E-state index contributed by atoms with van der Waals surface area (Å²) in [7, 11) is 3.28. The lowest BCUT2D eigenvalue weighted by Gasteiger charge is -2.24. The van der Waals surface area contributed by atoms with Crippen LogP contribution < -0.4 is 15.1 Å². The molecule has 1 aromatic heterocycles. The fourth-order valence-corrected chi connectivity index (χ4v) is 2.72. The molecule has 1 fully saturated rings. The van der Waals surface area contributed by atoms with E-state index in [-0.39, 0.29) is 24.2 Å². The number of hydrogen-bond acceptors (Lipinski definition) is 6. The van der Waals surface area contributed by atoms with Gasteiger partial charge in [0.1, 0.15) is 5.82 Å². The maximum absolute atomic E-state index is 13.2. The van der Waals surface area contributed by atoms with Crippen molar-refractivity contribution in [2.45, 2.75) is 19.5 Å². The van der Waals surface area contributed by atoms with E-state index in [0.29, 0.717) is 32.7 Å². The lowest BCUT2D eigenvalue weighted by molar-refractivity contribution is -0.141. The van der Waals surface area contributed by atoms with Gasteiger partial charge < -0.3 is 15.1 Å². The molecule has 0 spiro atoms. The second kappa shape index (κ2) is 8.52. The molecule has 2 heterocycles. The molecule has 1 amide bonds. The van der Waals surface area contributed by atoms with E-state index in [9.17, 15) is 18.0 Å². The van der Waals surface area contributed by atoms with Crippen LogP contribution >= 0.6 is 0 Å². The average Bonchev–Trinajstić information content (AvgIpc) is 2.79. The number of aromatic nitrogens is 2. The molecule has 0 bridgehead atoms. The maximum atomic E-state index is 13.2. The number of hydrogen-bond donors (Lipinski definition) is 1. The van der Waals surface area contributed by atoms with Crippen molar-refractivity contribution < 1.29 is 18.0 Å². The lowest BCUT2D eigenvalue weighted by atomic mass is 10.3. The fraction of sp³-hybridized carbons (Fsp3) is 0.688. The van der Waals surface area contributed by atoms with Crippen molar-refractivity contribution in [1.82, 2.24) is 20.2 Å². The summed E-state index contributed by atoms with van der Waals surface area (Å²) in [5.74, 6) is 0.236. The van der Waals surface area contributed by atoms with Gasteiger partial charge in [0.25, 0.3) is 0 Å². The summed E-state index contributed by atoms with van der Waals surface area (Å²) >= 11 is 0. The van der Waals surface area contributed by atoms with Gasteiger partial charge in [-0.15, -0.1) is 0 Å². The number of carbonyl (C=O) groups excluding carboxylic acids is 1. The molecule has 0 atom stereocenters. The molecular weight excluding hydrogens is 349 g/mol. The number of likely N-dealkylation sites (N-methyl/N-ethyl adjacent to an activating group) is 1. The van der Waals surface area contributed by atoms with Crippen LogP contribution in [0.4, 0.5) is 24.9 Å². The third kappa shape index (κ3) is 5.45. The minimum absolute atomic E-state index is 0.0498. The van der Waals surface area contributed by atoms with Crippen LogP contribution in [0.5, 0.6) is 0 Å². The third-order valence-corrected chi connectivity index (χ3v) is 4.06. The van der Waals surface area contributed by atoms with Gasteiger partial charge in [-0.25, -0.2) is 4.98 Å². The van der Waals surface area contributed by atoms with E-state index < -0.39 is 11.9 Å². The Hall–Kier alpha value is -2.10. The van der Waals surface area contributed by atoms with Gasteiger partial charge in [-0.3, -0.25) is 9.69 Å². The van der Waals surface area contributed by atoms with Gasteiger partial charge in [0, 0.05) is 52.9 Å². The number of nitrogens with one attached hydrogen (secondary N) is 1. The maximum Gasteiger partial charge on any atom is 0.433 e. The molecule has 1 N–H and O–H groups in total. The van der Waals surface area contributed by atoms with E-state index >= 15 is 0 Å². The highest BCUT2D eigenvalue weighted by Gasteiger charge is 2.34. The quantitative estimate of drug-likeness (QED) is 0.836. The van der Waals surface area contributed by atoms with Gasteiger partial charge in [0.15, 0.2) is 5.69 Å². The molecule has 26 heavy (non-hydrogen) atoms. The number of alkyl halides is 3. The first-order valence-corrected chi connectivity index (χ1v) is 8.58. The zero-order valence-corrected chi connectivity index (χ0v) is 15.3. The van der Waals surface area contributed by atoms with Crippen molar-refractivity contribution in [3.63, 3.8) is 0 Å². The largest absolute Gasteiger partial charge is 0.433 e. The molecule has 1 aromatic rings. The number of nitrogens with zero attached hydrogens (tertiary/aromatic N) is 5. The first-order chi connectivity index (χ1) is 12.2. The minimum Gasteiger partial charge on any atom is -0.363 e. The highest BCUT2D eigenvalue weighted by atomic mass is 19.4. The predicted molar refractivity (Wildman–Crippen MR) is 93.3 cm³/mol. The Bertz CT molecular complexity index is 622.